The molecule has 1 aromatic carbocycles. The molecule has 140 valence electrons. The first kappa shape index (κ1) is 20.1. The Morgan fingerprint density at radius 1 is 1.24 bits per heavy atom. The molecule has 1 fully saturated rings. The van der Waals surface area contributed by atoms with Crippen LogP contribution in [0.15, 0.2) is 30.3 Å². The predicted molar refractivity (Wildman–Crippen MR) is 106 cm³/mol. The van der Waals surface area contributed by atoms with E-state index in [2.05, 4.69) is 68.3 Å². The number of nitrogens with one attached hydrogen (secondary N) is 1. The number of nitrogens with zero attached hydrogens (tertiary/aromatic N) is 1. The second-order valence-electron chi connectivity index (χ2n) is 9.06. The van der Waals surface area contributed by atoms with Crippen LogP contribution in [-0.2, 0) is 11.3 Å². The fourth-order valence-electron chi connectivity index (χ4n) is 3.70. The molecule has 1 amide bonds. The number of aliphatic hydroxyl groups is 1. The van der Waals surface area contributed by atoms with E-state index in [0.29, 0.717) is 6.54 Å². The van der Waals surface area contributed by atoms with Crippen LogP contribution in [0.5, 0.6) is 0 Å². The average molecular weight is 363 g/mol. The van der Waals surface area contributed by atoms with Gasteiger partial charge in [-0.1, -0.05) is 64.2 Å². The highest BCUT2D eigenvalue weighted by Gasteiger charge is 2.49. The number of benzene rings is 1. The Labute approximate surface area is 153 Å². The number of carbonyl (C=O) groups is 1. The first-order chi connectivity index (χ1) is 11.5. The van der Waals surface area contributed by atoms with Crippen LogP contribution in [0.2, 0.25) is 23.7 Å². The maximum absolute atomic E-state index is 11.6. The van der Waals surface area contributed by atoms with Gasteiger partial charge >= 0.3 is 0 Å². The molecule has 2 N–H and O–H groups in total. The molecule has 0 aromatic heterocycles. The summed E-state index contributed by atoms with van der Waals surface area (Å²) in [7, 11) is -1.76. The van der Waals surface area contributed by atoms with Crippen molar-refractivity contribution in [2.24, 2.45) is 0 Å². The third-order valence-electron chi connectivity index (χ3n) is 6.23. The Balaban J connectivity index is 2.26. The fraction of sp³-hybridized carbons (Fsp3) is 0.650. The molecule has 0 unspecified atom stereocenters. The molecule has 0 radical (unpaired) electrons. The summed E-state index contributed by atoms with van der Waals surface area (Å²) >= 11 is 0. The van der Waals surface area contributed by atoms with Crippen LogP contribution in [0.25, 0.3) is 0 Å². The van der Waals surface area contributed by atoms with Crippen LogP contribution >= 0.6 is 0 Å². The van der Waals surface area contributed by atoms with Crippen LogP contribution in [0.3, 0.4) is 0 Å². The monoisotopic (exact) mass is 362 g/mol. The molecule has 1 heterocycles. The van der Waals surface area contributed by atoms with Gasteiger partial charge in [0.2, 0.25) is 5.91 Å². The summed E-state index contributed by atoms with van der Waals surface area (Å²) in [6.07, 6.45) is -0.475. The zero-order valence-corrected chi connectivity index (χ0v) is 17.5. The zero-order valence-electron chi connectivity index (χ0n) is 16.5. The van der Waals surface area contributed by atoms with E-state index in [1.54, 1.807) is 0 Å². The van der Waals surface area contributed by atoms with Crippen LogP contribution in [0.4, 0.5) is 0 Å². The molecule has 5 heteroatoms. The normalized spacial score (nSPS) is 25.6. The number of hydrogen-bond acceptors (Lipinski definition) is 3. The van der Waals surface area contributed by atoms with E-state index in [1.165, 1.54) is 12.5 Å². The van der Waals surface area contributed by atoms with E-state index >= 15 is 0 Å². The molecular weight excluding hydrogens is 328 g/mol. The van der Waals surface area contributed by atoms with Gasteiger partial charge in [0.15, 0.2) is 0 Å². The van der Waals surface area contributed by atoms with Gasteiger partial charge in [0, 0.05) is 26.6 Å². The summed E-state index contributed by atoms with van der Waals surface area (Å²) in [6, 6.07) is 10.2. The first-order valence-electron chi connectivity index (χ1n) is 9.24. The molecule has 1 saturated heterocycles. The second-order valence-corrected chi connectivity index (χ2v) is 14.7. The highest BCUT2D eigenvalue weighted by Crippen LogP contribution is 2.47. The maximum Gasteiger partial charge on any atom is 0.217 e. The lowest BCUT2D eigenvalue weighted by atomic mass is 10.0. The summed E-state index contributed by atoms with van der Waals surface area (Å²) in [6.45, 7) is 15.6. The van der Waals surface area contributed by atoms with Gasteiger partial charge in [-0.2, -0.15) is 0 Å². The molecule has 0 bridgehead atoms. The van der Waals surface area contributed by atoms with E-state index in [4.69, 9.17) is 0 Å². The number of carbonyl (C=O) groups excluding carboxylic acids is 1. The van der Waals surface area contributed by atoms with Gasteiger partial charge in [0.1, 0.15) is 0 Å². The number of rotatable bonds is 4. The van der Waals surface area contributed by atoms with Gasteiger partial charge in [-0.3, -0.25) is 9.69 Å². The average Bonchev–Trinajstić information content (AvgIpc) is 2.49. The number of aliphatic hydroxyl groups excluding tert-OH is 1. The summed E-state index contributed by atoms with van der Waals surface area (Å²) in [5.74, 6) is -0.0698. The molecule has 0 saturated carbocycles. The highest BCUT2D eigenvalue weighted by molar-refractivity contribution is 6.81. The molecule has 4 nitrogen and oxygen atoms in total. The summed E-state index contributed by atoms with van der Waals surface area (Å²) in [5.41, 5.74) is 1.50. The quantitative estimate of drug-likeness (QED) is 0.809. The minimum absolute atomic E-state index is 0.0698. The van der Waals surface area contributed by atoms with E-state index in [0.717, 1.165) is 13.1 Å². The first-order valence-corrected chi connectivity index (χ1v) is 12.3. The molecule has 0 aliphatic carbocycles. The van der Waals surface area contributed by atoms with Crippen LogP contribution in [0, 0.1) is 0 Å². The Kier molecular flexibility index (Phi) is 6.12. The van der Waals surface area contributed by atoms with Gasteiger partial charge in [-0.15, -0.1) is 0 Å². The minimum Gasteiger partial charge on any atom is -0.391 e. The Morgan fingerprint density at radius 2 is 1.84 bits per heavy atom. The maximum atomic E-state index is 11.6. The lowest BCUT2D eigenvalue weighted by molar-refractivity contribution is -0.121. The molecule has 25 heavy (non-hydrogen) atoms. The van der Waals surface area contributed by atoms with Gasteiger partial charge in [-0.05, 0) is 16.1 Å². The Bertz CT molecular complexity index is 583. The summed E-state index contributed by atoms with van der Waals surface area (Å²) in [5, 5.41) is 14.2. The molecule has 1 aromatic rings. The molecule has 3 atom stereocenters. The van der Waals surface area contributed by atoms with E-state index in [-0.39, 0.29) is 22.5 Å². The largest absolute Gasteiger partial charge is 0.391 e. The SMILES string of the molecule is CC(=O)N[C@H]1CN(Cc2ccccc2)C[C@@H]([Si](C)(C)C(C)(C)C)[C@@H]1O. The minimum atomic E-state index is -1.76. The third-order valence-corrected chi connectivity index (χ3v) is 12.5. The summed E-state index contributed by atoms with van der Waals surface area (Å²) < 4.78 is 0. The number of amides is 1. The van der Waals surface area contributed by atoms with Crippen molar-refractivity contribution in [1.29, 1.82) is 0 Å². The zero-order chi connectivity index (χ0) is 18.8. The second kappa shape index (κ2) is 7.60. The van der Waals surface area contributed by atoms with E-state index in [1.807, 2.05) is 6.07 Å². The van der Waals surface area contributed by atoms with Crippen molar-refractivity contribution in [3.63, 3.8) is 0 Å². The highest BCUT2D eigenvalue weighted by atomic mass is 28.3. The summed E-state index contributed by atoms with van der Waals surface area (Å²) in [4.78, 5) is 14.0. The lowest BCUT2D eigenvalue weighted by Gasteiger charge is -2.51. The van der Waals surface area contributed by atoms with Crippen molar-refractivity contribution in [2.45, 2.75) is 70.1 Å². The number of piperidine rings is 1. The molecular formula is C20H34N2O2Si. The number of hydrogen-bond donors (Lipinski definition) is 2. The smallest absolute Gasteiger partial charge is 0.217 e. The topological polar surface area (TPSA) is 52.6 Å². The fourth-order valence-corrected chi connectivity index (χ4v) is 6.61. The molecule has 1 aliphatic rings. The van der Waals surface area contributed by atoms with Crippen LogP contribution in [-0.4, -0.2) is 49.2 Å². The van der Waals surface area contributed by atoms with Crippen molar-refractivity contribution in [3.05, 3.63) is 35.9 Å². The van der Waals surface area contributed by atoms with Crippen molar-refractivity contribution in [3.8, 4) is 0 Å². The third kappa shape index (κ3) is 4.71. The van der Waals surface area contributed by atoms with E-state index in [9.17, 15) is 9.90 Å². The van der Waals surface area contributed by atoms with Crippen LogP contribution in [0.1, 0.15) is 33.3 Å². The van der Waals surface area contributed by atoms with Crippen molar-refractivity contribution < 1.29 is 9.90 Å². The molecule has 2 rings (SSSR count). The van der Waals surface area contributed by atoms with Crippen molar-refractivity contribution >= 4 is 14.0 Å². The van der Waals surface area contributed by atoms with Gasteiger partial charge in [0.25, 0.3) is 0 Å². The molecule has 1 aliphatic heterocycles. The van der Waals surface area contributed by atoms with Gasteiger partial charge in [-0.25, -0.2) is 0 Å². The standard InChI is InChI=1S/C20H34N2O2Si/c1-15(23)21-17-13-22(12-16-10-8-7-9-11-16)14-18(19(17)24)25(5,6)20(2,3)4/h7-11,17-19,24H,12-14H2,1-6H3,(H,21,23)/t17-,18+,19+/m0/s1. The Morgan fingerprint density at radius 3 is 2.36 bits per heavy atom. The number of likely N-dealkylation sites (tertiary alicyclic amines) is 1. The predicted octanol–water partition coefficient (Wildman–Crippen LogP) is 3.25. The van der Waals surface area contributed by atoms with Crippen molar-refractivity contribution in [1.82, 2.24) is 10.2 Å². The van der Waals surface area contributed by atoms with Gasteiger partial charge in [0.05, 0.1) is 20.2 Å². The van der Waals surface area contributed by atoms with E-state index < -0.39 is 14.2 Å². The van der Waals surface area contributed by atoms with Crippen LogP contribution < -0.4 is 5.32 Å². The Hall–Kier alpha value is -1.17. The van der Waals surface area contributed by atoms with Crippen molar-refractivity contribution in [2.75, 3.05) is 13.1 Å². The van der Waals surface area contributed by atoms with Gasteiger partial charge < -0.3 is 10.4 Å². The lowest BCUT2D eigenvalue weighted by Crippen LogP contribution is -2.63. The molecule has 0 spiro atoms.